The van der Waals surface area contributed by atoms with Gasteiger partial charge in [-0.05, 0) is 42.7 Å². The lowest BCUT2D eigenvalue weighted by Crippen LogP contribution is -2.40. The molecule has 0 aliphatic carbocycles. The summed E-state index contributed by atoms with van der Waals surface area (Å²) in [4.78, 5) is 19.4. The van der Waals surface area contributed by atoms with Gasteiger partial charge >= 0.3 is 0 Å². The SMILES string of the molecule is COc1cccc(-c2noc([C@@H]3CCCN(C(=O)C[C@@H](C)CC(C)(C)C)C3)n2)c1. The third kappa shape index (κ3) is 5.81. The highest BCUT2D eigenvalue weighted by Gasteiger charge is 2.29. The van der Waals surface area contributed by atoms with E-state index in [9.17, 15) is 4.79 Å². The Morgan fingerprint density at radius 1 is 1.38 bits per heavy atom. The number of benzene rings is 1. The molecule has 3 rings (SSSR count). The van der Waals surface area contributed by atoms with Gasteiger partial charge in [0.1, 0.15) is 5.75 Å². The standard InChI is InChI=1S/C23H33N3O3/c1-16(14-23(2,3)4)12-20(27)26-11-7-9-18(15-26)22-24-21(25-29-22)17-8-6-10-19(13-17)28-5/h6,8,10,13,16,18H,7,9,11-12,14-15H2,1-5H3/t16-,18-/m1/s1. The number of aromatic nitrogens is 2. The summed E-state index contributed by atoms with van der Waals surface area (Å²) in [5.41, 5.74) is 1.10. The van der Waals surface area contributed by atoms with Crippen molar-refractivity contribution in [3.63, 3.8) is 0 Å². The Hall–Kier alpha value is -2.37. The highest BCUT2D eigenvalue weighted by atomic mass is 16.5. The van der Waals surface area contributed by atoms with Crippen molar-refractivity contribution >= 4 is 5.91 Å². The third-order valence-electron chi connectivity index (χ3n) is 5.38. The maximum absolute atomic E-state index is 12.8. The van der Waals surface area contributed by atoms with Crippen molar-refractivity contribution in [3.8, 4) is 17.1 Å². The number of amides is 1. The minimum absolute atomic E-state index is 0.0949. The van der Waals surface area contributed by atoms with E-state index in [1.807, 2.05) is 29.2 Å². The number of methoxy groups -OCH3 is 1. The molecule has 1 aromatic heterocycles. The van der Waals surface area contributed by atoms with Crippen molar-refractivity contribution in [2.24, 2.45) is 11.3 Å². The summed E-state index contributed by atoms with van der Waals surface area (Å²) < 4.78 is 10.8. The van der Waals surface area contributed by atoms with E-state index >= 15 is 0 Å². The lowest BCUT2D eigenvalue weighted by Gasteiger charge is -2.32. The minimum atomic E-state index is 0.0949. The highest BCUT2D eigenvalue weighted by Crippen LogP contribution is 2.30. The van der Waals surface area contributed by atoms with E-state index in [0.717, 1.165) is 37.1 Å². The van der Waals surface area contributed by atoms with Crippen LogP contribution < -0.4 is 4.74 Å². The van der Waals surface area contributed by atoms with Gasteiger partial charge in [0, 0.05) is 25.1 Å². The van der Waals surface area contributed by atoms with Crippen molar-refractivity contribution in [2.75, 3.05) is 20.2 Å². The van der Waals surface area contributed by atoms with Crippen LogP contribution in [0.5, 0.6) is 5.75 Å². The van der Waals surface area contributed by atoms with E-state index in [-0.39, 0.29) is 17.2 Å². The molecule has 0 spiro atoms. The topological polar surface area (TPSA) is 68.5 Å². The predicted molar refractivity (Wildman–Crippen MR) is 113 cm³/mol. The first-order valence-electron chi connectivity index (χ1n) is 10.5. The van der Waals surface area contributed by atoms with E-state index in [1.54, 1.807) is 7.11 Å². The number of ether oxygens (including phenoxy) is 1. The van der Waals surface area contributed by atoms with E-state index in [1.165, 1.54) is 0 Å². The van der Waals surface area contributed by atoms with Gasteiger partial charge in [-0.1, -0.05) is 45.0 Å². The number of nitrogens with zero attached hydrogens (tertiary/aromatic N) is 3. The Labute approximate surface area is 173 Å². The van der Waals surface area contributed by atoms with Gasteiger partial charge in [-0.2, -0.15) is 4.98 Å². The molecule has 29 heavy (non-hydrogen) atoms. The maximum Gasteiger partial charge on any atom is 0.231 e. The van der Waals surface area contributed by atoms with E-state index < -0.39 is 0 Å². The molecule has 1 aliphatic rings. The van der Waals surface area contributed by atoms with Crippen LogP contribution in [0.1, 0.15) is 65.2 Å². The predicted octanol–water partition coefficient (Wildman–Crippen LogP) is 4.91. The first-order chi connectivity index (χ1) is 13.7. The molecule has 1 fully saturated rings. The quantitative estimate of drug-likeness (QED) is 0.690. The summed E-state index contributed by atoms with van der Waals surface area (Å²) >= 11 is 0. The number of hydrogen-bond acceptors (Lipinski definition) is 5. The van der Waals surface area contributed by atoms with Gasteiger partial charge in [0.2, 0.25) is 17.6 Å². The van der Waals surface area contributed by atoms with Crippen LogP contribution in [-0.2, 0) is 4.79 Å². The average molecular weight is 400 g/mol. The summed E-state index contributed by atoms with van der Waals surface area (Å²) in [6.07, 6.45) is 3.56. The van der Waals surface area contributed by atoms with Crippen LogP contribution in [0.4, 0.5) is 0 Å². The molecule has 0 N–H and O–H groups in total. The van der Waals surface area contributed by atoms with Crippen molar-refractivity contribution in [1.29, 1.82) is 0 Å². The molecular formula is C23H33N3O3. The van der Waals surface area contributed by atoms with E-state index in [2.05, 4.69) is 37.8 Å². The van der Waals surface area contributed by atoms with Crippen LogP contribution in [0.15, 0.2) is 28.8 Å². The third-order valence-corrected chi connectivity index (χ3v) is 5.38. The van der Waals surface area contributed by atoms with E-state index in [0.29, 0.717) is 30.6 Å². The first-order valence-corrected chi connectivity index (χ1v) is 10.5. The molecule has 2 heterocycles. The van der Waals surface area contributed by atoms with Crippen molar-refractivity contribution in [3.05, 3.63) is 30.2 Å². The van der Waals surface area contributed by atoms with E-state index in [4.69, 9.17) is 9.26 Å². The number of carbonyl (C=O) groups is 1. The molecule has 1 aliphatic heterocycles. The first kappa shape index (κ1) is 21.3. The zero-order valence-electron chi connectivity index (χ0n) is 18.3. The molecule has 6 heteroatoms. The Balaban J connectivity index is 1.63. The molecular weight excluding hydrogens is 366 g/mol. The van der Waals surface area contributed by atoms with Gasteiger partial charge in [0.15, 0.2) is 0 Å². The number of rotatable bonds is 6. The maximum atomic E-state index is 12.8. The Bertz CT molecular complexity index is 825. The number of likely N-dealkylation sites (tertiary alicyclic amines) is 1. The largest absolute Gasteiger partial charge is 0.497 e. The summed E-state index contributed by atoms with van der Waals surface area (Å²) in [5, 5.41) is 4.15. The van der Waals surface area contributed by atoms with Gasteiger partial charge in [0.25, 0.3) is 0 Å². The Morgan fingerprint density at radius 3 is 2.90 bits per heavy atom. The molecule has 2 atom stereocenters. The molecule has 1 amide bonds. The summed E-state index contributed by atoms with van der Waals surface area (Å²) in [5.74, 6) is 2.64. The minimum Gasteiger partial charge on any atom is -0.497 e. The fourth-order valence-electron chi connectivity index (χ4n) is 4.23. The van der Waals surface area contributed by atoms with Gasteiger partial charge in [-0.15, -0.1) is 0 Å². The second-order valence-corrected chi connectivity index (χ2v) is 9.44. The van der Waals surface area contributed by atoms with Crippen molar-refractivity contribution in [2.45, 2.75) is 59.3 Å². The molecule has 0 saturated carbocycles. The average Bonchev–Trinajstić information content (AvgIpc) is 3.17. The molecule has 1 aromatic carbocycles. The smallest absolute Gasteiger partial charge is 0.231 e. The fourth-order valence-corrected chi connectivity index (χ4v) is 4.23. The molecule has 0 radical (unpaired) electrons. The van der Waals surface area contributed by atoms with Crippen LogP contribution in [0.25, 0.3) is 11.4 Å². The second kappa shape index (κ2) is 8.97. The second-order valence-electron chi connectivity index (χ2n) is 9.44. The Morgan fingerprint density at radius 2 is 2.17 bits per heavy atom. The summed E-state index contributed by atoms with van der Waals surface area (Å²) in [7, 11) is 1.64. The summed E-state index contributed by atoms with van der Waals surface area (Å²) in [6, 6.07) is 7.62. The molecule has 2 aromatic rings. The lowest BCUT2D eigenvalue weighted by molar-refractivity contribution is -0.133. The molecule has 6 nitrogen and oxygen atoms in total. The van der Waals surface area contributed by atoms with Crippen LogP contribution in [0.3, 0.4) is 0 Å². The van der Waals surface area contributed by atoms with Crippen LogP contribution in [0.2, 0.25) is 0 Å². The molecule has 158 valence electrons. The zero-order chi connectivity index (χ0) is 21.0. The van der Waals surface area contributed by atoms with Crippen LogP contribution in [-0.4, -0.2) is 41.1 Å². The van der Waals surface area contributed by atoms with Crippen LogP contribution >= 0.6 is 0 Å². The van der Waals surface area contributed by atoms with Crippen molar-refractivity contribution < 1.29 is 14.1 Å². The fraction of sp³-hybridized carbons (Fsp3) is 0.609. The molecule has 0 bridgehead atoms. The molecule has 0 unspecified atom stereocenters. The van der Waals surface area contributed by atoms with Crippen molar-refractivity contribution in [1.82, 2.24) is 15.0 Å². The van der Waals surface area contributed by atoms with Gasteiger partial charge in [-0.25, -0.2) is 0 Å². The monoisotopic (exact) mass is 399 g/mol. The van der Waals surface area contributed by atoms with Gasteiger partial charge < -0.3 is 14.2 Å². The van der Waals surface area contributed by atoms with Crippen LogP contribution in [0, 0.1) is 11.3 Å². The normalized spacial score (nSPS) is 18.5. The summed E-state index contributed by atoms with van der Waals surface area (Å²) in [6.45, 7) is 10.3. The van der Waals surface area contributed by atoms with Gasteiger partial charge in [0.05, 0.1) is 13.0 Å². The van der Waals surface area contributed by atoms with Gasteiger partial charge in [-0.3, -0.25) is 4.79 Å². The number of carbonyl (C=O) groups excluding carboxylic acids is 1. The number of piperidine rings is 1. The lowest BCUT2D eigenvalue weighted by atomic mass is 9.84. The zero-order valence-corrected chi connectivity index (χ0v) is 18.3. The highest BCUT2D eigenvalue weighted by molar-refractivity contribution is 5.76. The Kier molecular flexibility index (Phi) is 6.60. The molecule has 1 saturated heterocycles. The number of hydrogen-bond donors (Lipinski definition) is 0.